The molecule has 0 aliphatic heterocycles. The third-order valence-electron chi connectivity index (χ3n) is 2.76. The largest absolute Gasteiger partial charge is 0.492 e. The van der Waals surface area contributed by atoms with Crippen LogP contribution in [0.2, 0.25) is 0 Å². The number of ether oxygens (including phenoxy) is 1. The highest BCUT2D eigenvalue weighted by Gasteiger charge is 1.99. The van der Waals surface area contributed by atoms with Crippen molar-refractivity contribution >= 4 is 0 Å². The number of nitrogens with zero attached hydrogens (tertiary/aromatic N) is 2. The maximum Gasteiger partial charge on any atom is 0.119 e. The Balaban J connectivity index is 1.81. The Kier molecular flexibility index (Phi) is 4.98. The fourth-order valence-corrected chi connectivity index (χ4v) is 1.76. The molecule has 1 aromatic carbocycles. The summed E-state index contributed by atoms with van der Waals surface area (Å²) in [5.74, 6) is 0.912. The number of hydrogen-bond acceptors (Lipinski definition) is 3. The molecule has 4 heteroatoms. The number of nitrogens with one attached hydrogen (secondary N) is 1. The lowest BCUT2D eigenvalue weighted by Crippen LogP contribution is -2.21. The standard InChI is InChI=1S/C15H21N3O/c1-13(2)16-12-14-5-3-6-15(11-14)19-10-9-18-8-4-7-17-18/h3-8,11,13,16H,9-10,12H2,1-2H3. The molecule has 1 aromatic heterocycles. The average molecular weight is 259 g/mol. The van der Waals surface area contributed by atoms with Crippen LogP contribution in [-0.4, -0.2) is 22.4 Å². The Morgan fingerprint density at radius 3 is 2.95 bits per heavy atom. The molecule has 2 aromatic rings. The zero-order valence-electron chi connectivity index (χ0n) is 11.5. The van der Waals surface area contributed by atoms with Crippen molar-refractivity contribution in [3.8, 4) is 5.75 Å². The second-order valence-electron chi connectivity index (χ2n) is 4.80. The molecule has 0 bridgehead atoms. The predicted molar refractivity (Wildman–Crippen MR) is 76.1 cm³/mol. The van der Waals surface area contributed by atoms with Gasteiger partial charge < -0.3 is 10.1 Å². The van der Waals surface area contributed by atoms with Gasteiger partial charge in [-0.1, -0.05) is 26.0 Å². The SMILES string of the molecule is CC(C)NCc1cccc(OCCn2cccn2)c1. The maximum atomic E-state index is 5.74. The average Bonchev–Trinajstić information content (AvgIpc) is 2.90. The molecule has 0 spiro atoms. The monoisotopic (exact) mass is 259 g/mol. The first-order valence-corrected chi connectivity index (χ1v) is 6.66. The summed E-state index contributed by atoms with van der Waals surface area (Å²) in [6.45, 7) is 6.55. The molecule has 0 radical (unpaired) electrons. The van der Waals surface area contributed by atoms with E-state index in [0.29, 0.717) is 12.6 Å². The maximum absolute atomic E-state index is 5.74. The summed E-state index contributed by atoms with van der Waals surface area (Å²) in [6.07, 6.45) is 3.71. The van der Waals surface area contributed by atoms with Crippen LogP contribution >= 0.6 is 0 Å². The van der Waals surface area contributed by atoms with Gasteiger partial charge in [0.25, 0.3) is 0 Å². The first-order valence-electron chi connectivity index (χ1n) is 6.66. The van der Waals surface area contributed by atoms with Gasteiger partial charge in [0.2, 0.25) is 0 Å². The highest BCUT2D eigenvalue weighted by molar-refractivity contribution is 5.28. The van der Waals surface area contributed by atoms with E-state index < -0.39 is 0 Å². The second-order valence-corrected chi connectivity index (χ2v) is 4.80. The predicted octanol–water partition coefficient (Wildman–Crippen LogP) is 2.46. The second kappa shape index (κ2) is 6.95. The molecular formula is C15H21N3O. The van der Waals surface area contributed by atoms with Gasteiger partial charge in [0, 0.05) is 25.0 Å². The molecule has 2 rings (SSSR count). The molecule has 102 valence electrons. The highest BCUT2D eigenvalue weighted by atomic mass is 16.5. The molecule has 0 atom stereocenters. The summed E-state index contributed by atoms with van der Waals surface area (Å²) in [5.41, 5.74) is 1.24. The molecule has 0 saturated carbocycles. The van der Waals surface area contributed by atoms with E-state index in [9.17, 15) is 0 Å². The van der Waals surface area contributed by atoms with Crippen molar-refractivity contribution in [2.75, 3.05) is 6.61 Å². The van der Waals surface area contributed by atoms with E-state index in [1.54, 1.807) is 6.20 Å². The number of aromatic nitrogens is 2. The van der Waals surface area contributed by atoms with Gasteiger partial charge in [-0.25, -0.2) is 0 Å². The van der Waals surface area contributed by atoms with E-state index in [-0.39, 0.29) is 0 Å². The minimum Gasteiger partial charge on any atom is -0.492 e. The number of benzene rings is 1. The molecule has 1 heterocycles. The Hall–Kier alpha value is -1.81. The third-order valence-corrected chi connectivity index (χ3v) is 2.76. The molecular weight excluding hydrogens is 238 g/mol. The molecule has 0 aliphatic carbocycles. The van der Waals surface area contributed by atoms with Crippen LogP contribution in [0.3, 0.4) is 0 Å². The summed E-state index contributed by atoms with van der Waals surface area (Å²) in [7, 11) is 0. The lowest BCUT2D eigenvalue weighted by Gasteiger charge is -2.10. The van der Waals surface area contributed by atoms with E-state index >= 15 is 0 Å². The van der Waals surface area contributed by atoms with E-state index in [1.807, 2.05) is 29.1 Å². The summed E-state index contributed by atoms with van der Waals surface area (Å²) < 4.78 is 7.60. The zero-order chi connectivity index (χ0) is 13.5. The number of rotatable bonds is 7. The molecule has 0 unspecified atom stereocenters. The van der Waals surface area contributed by atoms with Crippen molar-refractivity contribution < 1.29 is 4.74 Å². The van der Waals surface area contributed by atoms with Crippen molar-refractivity contribution in [3.63, 3.8) is 0 Å². The van der Waals surface area contributed by atoms with E-state index in [0.717, 1.165) is 18.8 Å². The molecule has 19 heavy (non-hydrogen) atoms. The van der Waals surface area contributed by atoms with Crippen LogP contribution in [-0.2, 0) is 13.1 Å². The van der Waals surface area contributed by atoms with Crippen molar-refractivity contribution in [1.29, 1.82) is 0 Å². The van der Waals surface area contributed by atoms with Crippen LogP contribution < -0.4 is 10.1 Å². The van der Waals surface area contributed by atoms with E-state index in [4.69, 9.17) is 4.74 Å². The smallest absolute Gasteiger partial charge is 0.119 e. The van der Waals surface area contributed by atoms with Crippen LogP contribution in [0.5, 0.6) is 5.75 Å². The Labute approximate surface area is 114 Å². The van der Waals surface area contributed by atoms with Gasteiger partial charge in [0.15, 0.2) is 0 Å². The molecule has 0 fully saturated rings. The van der Waals surface area contributed by atoms with Gasteiger partial charge in [0.1, 0.15) is 12.4 Å². The van der Waals surface area contributed by atoms with Crippen LogP contribution in [0.1, 0.15) is 19.4 Å². The van der Waals surface area contributed by atoms with Gasteiger partial charge in [-0.2, -0.15) is 5.10 Å². The molecule has 0 saturated heterocycles. The molecule has 1 N–H and O–H groups in total. The fraction of sp³-hybridized carbons (Fsp3) is 0.400. The van der Waals surface area contributed by atoms with Crippen LogP contribution in [0.4, 0.5) is 0 Å². The highest BCUT2D eigenvalue weighted by Crippen LogP contribution is 2.13. The van der Waals surface area contributed by atoms with Gasteiger partial charge in [-0.15, -0.1) is 0 Å². The van der Waals surface area contributed by atoms with Gasteiger partial charge >= 0.3 is 0 Å². The summed E-state index contributed by atoms with van der Waals surface area (Å²) in [6, 6.07) is 10.6. The Bertz CT molecular complexity index is 480. The Morgan fingerprint density at radius 1 is 1.32 bits per heavy atom. The normalized spacial score (nSPS) is 10.9. The van der Waals surface area contributed by atoms with Crippen molar-refractivity contribution in [2.45, 2.75) is 33.0 Å². The van der Waals surface area contributed by atoms with Gasteiger partial charge in [0.05, 0.1) is 6.54 Å². The van der Waals surface area contributed by atoms with Crippen molar-refractivity contribution in [2.24, 2.45) is 0 Å². The van der Waals surface area contributed by atoms with Gasteiger partial charge in [-0.3, -0.25) is 4.68 Å². The van der Waals surface area contributed by atoms with Gasteiger partial charge in [-0.05, 0) is 23.8 Å². The van der Waals surface area contributed by atoms with Crippen LogP contribution in [0, 0.1) is 0 Å². The van der Waals surface area contributed by atoms with Crippen LogP contribution in [0.15, 0.2) is 42.7 Å². The first kappa shape index (κ1) is 13.6. The fourth-order valence-electron chi connectivity index (χ4n) is 1.76. The molecule has 0 amide bonds. The molecule has 4 nitrogen and oxygen atoms in total. The Morgan fingerprint density at radius 2 is 2.21 bits per heavy atom. The number of hydrogen-bond donors (Lipinski definition) is 1. The van der Waals surface area contributed by atoms with Crippen LogP contribution in [0.25, 0.3) is 0 Å². The lowest BCUT2D eigenvalue weighted by molar-refractivity contribution is 0.291. The zero-order valence-corrected chi connectivity index (χ0v) is 11.5. The quantitative estimate of drug-likeness (QED) is 0.830. The minimum atomic E-state index is 0.490. The third kappa shape index (κ3) is 4.75. The minimum absolute atomic E-state index is 0.490. The summed E-state index contributed by atoms with van der Waals surface area (Å²) in [4.78, 5) is 0. The summed E-state index contributed by atoms with van der Waals surface area (Å²) >= 11 is 0. The lowest BCUT2D eigenvalue weighted by atomic mass is 10.2. The van der Waals surface area contributed by atoms with Crippen molar-refractivity contribution in [3.05, 3.63) is 48.3 Å². The first-order chi connectivity index (χ1) is 9.24. The molecule has 0 aliphatic rings. The summed E-state index contributed by atoms with van der Waals surface area (Å²) in [5, 5.41) is 7.54. The topological polar surface area (TPSA) is 39.1 Å². The van der Waals surface area contributed by atoms with E-state index in [2.05, 4.69) is 36.4 Å². The van der Waals surface area contributed by atoms with Crippen molar-refractivity contribution in [1.82, 2.24) is 15.1 Å². The van der Waals surface area contributed by atoms with E-state index in [1.165, 1.54) is 5.56 Å².